The number of H-pyrrole nitrogens is 1. The number of esters is 1. The van der Waals surface area contributed by atoms with Gasteiger partial charge in [0, 0.05) is 32.3 Å². The number of carbonyl (C=O) groups is 3. The zero-order valence-electron chi connectivity index (χ0n) is 17.0. The fourth-order valence-electron chi connectivity index (χ4n) is 4.04. The molecule has 30 heavy (non-hydrogen) atoms. The van der Waals surface area contributed by atoms with Crippen LogP contribution < -0.4 is 4.90 Å². The molecule has 2 aromatic rings. The van der Waals surface area contributed by atoms with Gasteiger partial charge in [-0.2, -0.15) is 5.10 Å². The summed E-state index contributed by atoms with van der Waals surface area (Å²) in [5.74, 6) is -0.00261. The lowest BCUT2D eigenvalue weighted by Gasteiger charge is -2.38. The van der Waals surface area contributed by atoms with Crippen LogP contribution >= 0.6 is 0 Å². The SMILES string of the molecule is CN(C)CC1CC2(CCN(c3ccnc4[nH]ncc34)CC2)C(=O)O1.O=CO.O=CO. The number of piperidine rings is 1. The van der Waals surface area contributed by atoms with E-state index in [1.54, 1.807) is 6.20 Å². The normalized spacial score (nSPS) is 19.5. The van der Waals surface area contributed by atoms with Crippen molar-refractivity contribution < 1.29 is 29.3 Å². The van der Waals surface area contributed by atoms with Crippen LogP contribution in [0.4, 0.5) is 5.69 Å². The van der Waals surface area contributed by atoms with E-state index in [0.29, 0.717) is 0 Å². The second-order valence-corrected chi connectivity index (χ2v) is 7.43. The summed E-state index contributed by atoms with van der Waals surface area (Å²) < 4.78 is 5.64. The van der Waals surface area contributed by atoms with Crippen LogP contribution in [-0.4, -0.2) is 89.0 Å². The highest BCUT2D eigenvalue weighted by Gasteiger charge is 2.50. The number of carboxylic acid groups (broad SMARTS) is 2. The molecule has 11 heteroatoms. The van der Waals surface area contributed by atoms with Crippen LogP contribution in [0.25, 0.3) is 11.0 Å². The van der Waals surface area contributed by atoms with Gasteiger partial charge in [0.05, 0.1) is 22.7 Å². The van der Waals surface area contributed by atoms with E-state index in [2.05, 4.69) is 25.0 Å². The number of fused-ring (bicyclic) bond motifs is 1. The predicted molar refractivity (Wildman–Crippen MR) is 108 cm³/mol. The molecule has 2 fully saturated rings. The lowest BCUT2D eigenvalue weighted by Crippen LogP contribution is -2.42. The highest BCUT2D eigenvalue weighted by Crippen LogP contribution is 2.44. The number of hydrogen-bond acceptors (Lipinski definition) is 8. The second kappa shape index (κ2) is 10.5. The van der Waals surface area contributed by atoms with Gasteiger partial charge in [0.1, 0.15) is 6.10 Å². The molecule has 1 spiro atoms. The van der Waals surface area contributed by atoms with Crippen LogP contribution in [0.15, 0.2) is 18.5 Å². The Morgan fingerprint density at radius 1 is 1.30 bits per heavy atom. The molecule has 164 valence electrons. The van der Waals surface area contributed by atoms with Crippen LogP contribution in [0.1, 0.15) is 19.3 Å². The number of pyridine rings is 1. The maximum atomic E-state index is 12.5. The molecule has 0 bridgehead atoms. The number of hydrogen-bond donors (Lipinski definition) is 3. The van der Waals surface area contributed by atoms with Gasteiger partial charge in [-0.15, -0.1) is 0 Å². The summed E-state index contributed by atoms with van der Waals surface area (Å²) in [5, 5.41) is 21.8. The van der Waals surface area contributed by atoms with Crippen molar-refractivity contribution in [3.05, 3.63) is 18.5 Å². The molecule has 2 saturated heterocycles. The Labute approximate surface area is 173 Å². The fourth-order valence-corrected chi connectivity index (χ4v) is 4.04. The third kappa shape index (κ3) is 5.23. The van der Waals surface area contributed by atoms with Crippen molar-refractivity contribution in [2.75, 3.05) is 38.6 Å². The van der Waals surface area contributed by atoms with E-state index in [1.165, 1.54) is 0 Å². The summed E-state index contributed by atoms with van der Waals surface area (Å²) in [6, 6.07) is 2.03. The quantitative estimate of drug-likeness (QED) is 0.480. The van der Waals surface area contributed by atoms with Crippen molar-refractivity contribution in [2.24, 2.45) is 5.41 Å². The molecule has 4 rings (SSSR count). The van der Waals surface area contributed by atoms with Gasteiger partial charge in [-0.3, -0.25) is 19.5 Å². The van der Waals surface area contributed by atoms with Crippen molar-refractivity contribution in [3.63, 3.8) is 0 Å². The molecule has 0 amide bonds. The maximum Gasteiger partial charge on any atom is 0.312 e. The Bertz CT molecular complexity index is 841. The summed E-state index contributed by atoms with van der Waals surface area (Å²) in [7, 11) is 4.03. The molecule has 0 aliphatic carbocycles. The standard InChI is InChI=1S/C17H23N5O2.2CH2O2/c1-21(2)11-12-9-17(16(23)24-12)4-7-22(8-5-17)14-3-6-18-15-13(14)10-19-20-15;2*2-1-3/h3,6,10,12H,4-5,7-9,11H2,1-2H3,(H,18,19,20);2*1H,(H,2,3). The molecule has 2 aromatic heterocycles. The van der Waals surface area contributed by atoms with E-state index in [1.807, 2.05) is 26.4 Å². The third-order valence-electron chi connectivity index (χ3n) is 5.29. The molecule has 3 N–H and O–H groups in total. The Morgan fingerprint density at radius 3 is 2.53 bits per heavy atom. The highest BCUT2D eigenvalue weighted by molar-refractivity contribution is 5.89. The molecule has 0 aromatic carbocycles. The van der Waals surface area contributed by atoms with Gasteiger partial charge in [0.15, 0.2) is 5.65 Å². The van der Waals surface area contributed by atoms with Crippen LogP contribution in [0.2, 0.25) is 0 Å². The number of anilines is 1. The van der Waals surface area contributed by atoms with E-state index >= 15 is 0 Å². The van der Waals surface area contributed by atoms with Crippen molar-refractivity contribution in [2.45, 2.75) is 25.4 Å². The number of carbonyl (C=O) groups excluding carboxylic acids is 1. The van der Waals surface area contributed by atoms with Gasteiger partial charge in [-0.25, -0.2) is 4.98 Å². The predicted octanol–water partition coefficient (Wildman–Crippen LogP) is 0.823. The van der Waals surface area contributed by atoms with E-state index in [4.69, 9.17) is 24.5 Å². The van der Waals surface area contributed by atoms with Crippen LogP contribution in [0.5, 0.6) is 0 Å². The van der Waals surface area contributed by atoms with Crippen molar-refractivity contribution in [3.8, 4) is 0 Å². The maximum absolute atomic E-state index is 12.5. The molecule has 2 aliphatic heterocycles. The first-order chi connectivity index (χ1) is 14.4. The molecule has 1 atom stereocenters. The van der Waals surface area contributed by atoms with E-state index in [9.17, 15) is 4.79 Å². The third-order valence-corrected chi connectivity index (χ3v) is 5.29. The van der Waals surface area contributed by atoms with Gasteiger partial charge in [0.2, 0.25) is 0 Å². The van der Waals surface area contributed by atoms with Gasteiger partial charge in [0.25, 0.3) is 12.9 Å². The molecule has 1 unspecified atom stereocenters. The lowest BCUT2D eigenvalue weighted by atomic mass is 9.76. The lowest BCUT2D eigenvalue weighted by molar-refractivity contribution is -0.150. The second-order valence-electron chi connectivity index (χ2n) is 7.43. The average Bonchev–Trinajstić information content (AvgIpc) is 3.28. The van der Waals surface area contributed by atoms with E-state index in [0.717, 1.165) is 55.6 Å². The van der Waals surface area contributed by atoms with E-state index < -0.39 is 0 Å². The molecular weight excluding hydrogens is 394 g/mol. The minimum absolute atomic E-state index is 0.00261. The summed E-state index contributed by atoms with van der Waals surface area (Å²) in [6.45, 7) is 2.01. The van der Waals surface area contributed by atoms with Gasteiger partial charge in [-0.1, -0.05) is 0 Å². The molecule has 11 nitrogen and oxygen atoms in total. The Hall–Kier alpha value is -3.21. The fraction of sp³-hybridized carbons (Fsp3) is 0.526. The summed E-state index contributed by atoms with van der Waals surface area (Å²) in [6.07, 6.45) is 6.18. The summed E-state index contributed by atoms with van der Waals surface area (Å²) in [4.78, 5) is 37.9. The number of rotatable bonds is 3. The van der Waals surface area contributed by atoms with Gasteiger partial charge < -0.3 is 24.7 Å². The highest BCUT2D eigenvalue weighted by atomic mass is 16.6. The zero-order chi connectivity index (χ0) is 22.1. The monoisotopic (exact) mass is 421 g/mol. The first-order valence-electron chi connectivity index (χ1n) is 9.45. The van der Waals surface area contributed by atoms with Crippen molar-refractivity contribution in [1.82, 2.24) is 20.1 Å². The van der Waals surface area contributed by atoms with Crippen LogP contribution in [-0.2, 0) is 19.1 Å². The molecule has 0 saturated carbocycles. The van der Waals surface area contributed by atoms with E-state index in [-0.39, 0.29) is 30.4 Å². The molecule has 2 aliphatic rings. The molecule has 4 heterocycles. The Balaban J connectivity index is 0.000000480. The van der Waals surface area contributed by atoms with Crippen LogP contribution in [0.3, 0.4) is 0 Å². The molecule has 0 radical (unpaired) electrons. The minimum atomic E-state index is -0.292. The summed E-state index contributed by atoms with van der Waals surface area (Å²) in [5.41, 5.74) is 1.65. The number of nitrogens with one attached hydrogen (secondary N) is 1. The number of cyclic esters (lactones) is 1. The number of aromatic amines is 1. The van der Waals surface area contributed by atoms with Crippen molar-refractivity contribution in [1.29, 1.82) is 0 Å². The number of ether oxygens (including phenoxy) is 1. The number of aromatic nitrogens is 3. The van der Waals surface area contributed by atoms with Gasteiger partial charge in [-0.05, 0) is 33.0 Å². The smallest absolute Gasteiger partial charge is 0.312 e. The first kappa shape index (κ1) is 23.1. The minimum Gasteiger partial charge on any atom is -0.483 e. The van der Waals surface area contributed by atoms with Gasteiger partial charge >= 0.3 is 5.97 Å². The topological polar surface area (TPSA) is 149 Å². The summed E-state index contributed by atoms with van der Waals surface area (Å²) >= 11 is 0. The Morgan fingerprint density at radius 2 is 1.93 bits per heavy atom. The number of nitrogens with zero attached hydrogens (tertiary/aromatic N) is 4. The van der Waals surface area contributed by atoms with Crippen LogP contribution in [0, 0.1) is 5.41 Å². The largest absolute Gasteiger partial charge is 0.483 e. The van der Waals surface area contributed by atoms with Crippen molar-refractivity contribution >= 4 is 35.6 Å². The first-order valence-corrected chi connectivity index (χ1v) is 9.45. The Kier molecular flexibility index (Phi) is 8.10. The molecular formula is C19H27N5O6. The average molecular weight is 421 g/mol. The number of likely N-dealkylation sites (N-methyl/N-ethyl adjacent to an activating group) is 1. The zero-order valence-corrected chi connectivity index (χ0v) is 17.0.